The zero-order valence-electron chi connectivity index (χ0n) is 12.0. The Morgan fingerprint density at radius 3 is 2.85 bits per heavy atom. The van der Waals surface area contributed by atoms with Gasteiger partial charge in [-0.3, -0.25) is 9.69 Å². The first-order valence-electron chi connectivity index (χ1n) is 7.33. The maximum Gasteiger partial charge on any atom is 0.223 e. The highest BCUT2D eigenvalue weighted by atomic mass is 16.2. The fourth-order valence-corrected chi connectivity index (χ4v) is 2.83. The Hall–Kier alpha value is -1.47. The molecular formula is C13H22N6O. The largest absolute Gasteiger partial charge is 0.340 e. The van der Waals surface area contributed by atoms with Crippen molar-refractivity contribution in [1.82, 2.24) is 29.9 Å². The molecule has 1 aromatic heterocycles. The summed E-state index contributed by atoms with van der Waals surface area (Å²) in [5.74, 6) is 2.12. The number of amides is 1. The van der Waals surface area contributed by atoms with E-state index in [2.05, 4.69) is 20.3 Å². The first kappa shape index (κ1) is 13.5. The van der Waals surface area contributed by atoms with E-state index in [1.54, 1.807) is 0 Å². The van der Waals surface area contributed by atoms with Crippen LogP contribution in [-0.2, 0) is 17.9 Å². The first-order valence-corrected chi connectivity index (χ1v) is 7.33. The number of aromatic nitrogens is 3. The van der Waals surface area contributed by atoms with Crippen LogP contribution in [0.5, 0.6) is 0 Å². The molecule has 0 bridgehead atoms. The zero-order valence-corrected chi connectivity index (χ0v) is 12.0. The van der Waals surface area contributed by atoms with Crippen molar-refractivity contribution in [3.63, 3.8) is 0 Å². The fraction of sp³-hybridized carbons (Fsp3) is 0.769. The topological polar surface area (TPSA) is 66.3 Å². The Labute approximate surface area is 118 Å². The average Bonchev–Trinajstić information content (AvgIpc) is 2.85. The SMILES string of the molecule is Cc1nc2n(n1)CCN(CCC(=O)N1CCNCC1)C2. The maximum atomic E-state index is 12.1. The summed E-state index contributed by atoms with van der Waals surface area (Å²) in [6.07, 6.45) is 0.604. The highest BCUT2D eigenvalue weighted by Crippen LogP contribution is 2.10. The molecule has 0 radical (unpaired) electrons. The van der Waals surface area contributed by atoms with Crippen LogP contribution in [0, 0.1) is 6.92 Å². The summed E-state index contributed by atoms with van der Waals surface area (Å²) in [4.78, 5) is 20.8. The lowest BCUT2D eigenvalue weighted by Crippen LogP contribution is -2.47. The number of rotatable bonds is 3. The van der Waals surface area contributed by atoms with E-state index in [-0.39, 0.29) is 5.91 Å². The summed E-state index contributed by atoms with van der Waals surface area (Å²) in [5.41, 5.74) is 0. The van der Waals surface area contributed by atoms with Crippen molar-refractivity contribution in [2.75, 3.05) is 39.3 Å². The Morgan fingerprint density at radius 2 is 2.05 bits per heavy atom. The smallest absolute Gasteiger partial charge is 0.223 e. The molecule has 3 heterocycles. The standard InChI is InChI=1S/C13H22N6O/c1-11-15-12-10-17(8-9-19(12)16-11)5-2-13(20)18-6-3-14-4-7-18/h14H,2-10H2,1H3. The minimum absolute atomic E-state index is 0.273. The van der Waals surface area contributed by atoms with Gasteiger partial charge in [-0.2, -0.15) is 5.10 Å². The van der Waals surface area contributed by atoms with Crippen LogP contribution in [-0.4, -0.2) is 69.7 Å². The van der Waals surface area contributed by atoms with Gasteiger partial charge in [0.05, 0.1) is 13.1 Å². The third-order valence-corrected chi connectivity index (χ3v) is 3.96. The van der Waals surface area contributed by atoms with Crippen LogP contribution >= 0.6 is 0 Å². The van der Waals surface area contributed by atoms with Gasteiger partial charge in [0.1, 0.15) is 11.6 Å². The summed E-state index contributed by atoms with van der Waals surface area (Å²) in [5, 5.41) is 7.62. The van der Waals surface area contributed by atoms with Crippen LogP contribution in [0.1, 0.15) is 18.1 Å². The summed E-state index contributed by atoms with van der Waals surface area (Å²) in [6, 6.07) is 0. The van der Waals surface area contributed by atoms with E-state index in [4.69, 9.17) is 0 Å². The molecule has 0 unspecified atom stereocenters. The third-order valence-electron chi connectivity index (χ3n) is 3.96. The Bertz CT molecular complexity index is 479. The second-order valence-corrected chi connectivity index (χ2v) is 5.46. The number of piperazine rings is 1. The van der Waals surface area contributed by atoms with Crippen molar-refractivity contribution in [2.45, 2.75) is 26.4 Å². The van der Waals surface area contributed by atoms with Gasteiger partial charge in [0, 0.05) is 45.7 Å². The average molecular weight is 278 g/mol. The number of fused-ring (bicyclic) bond motifs is 1. The van der Waals surface area contributed by atoms with E-state index < -0.39 is 0 Å². The van der Waals surface area contributed by atoms with Crippen LogP contribution in [0.25, 0.3) is 0 Å². The van der Waals surface area contributed by atoms with Crippen LogP contribution in [0.2, 0.25) is 0 Å². The molecule has 1 amide bonds. The molecule has 20 heavy (non-hydrogen) atoms. The summed E-state index contributed by atoms with van der Waals surface area (Å²) in [6.45, 7) is 8.87. The number of carbonyl (C=O) groups is 1. The molecule has 2 aliphatic heterocycles. The van der Waals surface area contributed by atoms with E-state index in [1.807, 2.05) is 16.5 Å². The fourth-order valence-electron chi connectivity index (χ4n) is 2.83. The highest BCUT2D eigenvalue weighted by Gasteiger charge is 2.21. The lowest BCUT2D eigenvalue weighted by molar-refractivity contribution is -0.132. The van der Waals surface area contributed by atoms with E-state index in [9.17, 15) is 4.79 Å². The second-order valence-electron chi connectivity index (χ2n) is 5.46. The van der Waals surface area contributed by atoms with Gasteiger partial charge in [0.15, 0.2) is 0 Å². The Kier molecular flexibility index (Phi) is 3.98. The first-order chi connectivity index (χ1) is 9.72. The summed E-state index contributed by atoms with van der Waals surface area (Å²) < 4.78 is 1.98. The highest BCUT2D eigenvalue weighted by molar-refractivity contribution is 5.76. The molecule has 0 aliphatic carbocycles. The Balaban J connectivity index is 1.48. The van der Waals surface area contributed by atoms with Crippen LogP contribution in [0.4, 0.5) is 0 Å². The second kappa shape index (κ2) is 5.88. The minimum atomic E-state index is 0.273. The van der Waals surface area contributed by atoms with Crippen molar-refractivity contribution in [3.8, 4) is 0 Å². The molecule has 0 spiro atoms. The van der Waals surface area contributed by atoms with E-state index in [1.165, 1.54) is 0 Å². The zero-order chi connectivity index (χ0) is 13.9. The lowest BCUT2D eigenvalue weighted by Gasteiger charge is -2.30. The monoisotopic (exact) mass is 278 g/mol. The van der Waals surface area contributed by atoms with E-state index >= 15 is 0 Å². The van der Waals surface area contributed by atoms with Crippen LogP contribution in [0.15, 0.2) is 0 Å². The third kappa shape index (κ3) is 2.99. The molecular weight excluding hydrogens is 256 g/mol. The van der Waals surface area contributed by atoms with Gasteiger partial charge in [-0.05, 0) is 6.92 Å². The maximum absolute atomic E-state index is 12.1. The summed E-state index contributed by atoms with van der Waals surface area (Å²) >= 11 is 0. The number of nitrogens with zero attached hydrogens (tertiary/aromatic N) is 5. The van der Waals surface area contributed by atoms with Gasteiger partial charge >= 0.3 is 0 Å². The molecule has 7 nitrogen and oxygen atoms in total. The molecule has 2 aliphatic rings. The van der Waals surface area contributed by atoms with Gasteiger partial charge in [-0.1, -0.05) is 0 Å². The van der Waals surface area contributed by atoms with Gasteiger partial charge in [0.2, 0.25) is 5.91 Å². The van der Waals surface area contributed by atoms with Crippen molar-refractivity contribution >= 4 is 5.91 Å². The van der Waals surface area contributed by atoms with E-state index in [0.717, 1.165) is 64.0 Å². The van der Waals surface area contributed by atoms with Gasteiger partial charge < -0.3 is 10.2 Å². The molecule has 0 atom stereocenters. The van der Waals surface area contributed by atoms with Gasteiger partial charge in [0.25, 0.3) is 0 Å². The molecule has 1 saturated heterocycles. The molecule has 1 fully saturated rings. The molecule has 1 aromatic rings. The number of nitrogens with one attached hydrogen (secondary N) is 1. The molecule has 110 valence electrons. The molecule has 7 heteroatoms. The number of hydrogen-bond acceptors (Lipinski definition) is 5. The van der Waals surface area contributed by atoms with Crippen LogP contribution in [0.3, 0.4) is 0 Å². The molecule has 3 rings (SSSR count). The predicted octanol–water partition coefficient (Wildman–Crippen LogP) is -0.776. The Morgan fingerprint density at radius 1 is 1.25 bits per heavy atom. The van der Waals surface area contributed by atoms with Gasteiger partial charge in [-0.25, -0.2) is 9.67 Å². The number of hydrogen-bond donors (Lipinski definition) is 1. The van der Waals surface area contributed by atoms with Crippen LogP contribution < -0.4 is 5.32 Å². The predicted molar refractivity (Wildman–Crippen MR) is 74.1 cm³/mol. The van der Waals surface area contributed by atoms with Crippen molar-refractivity contribution < 1.29 is 4.79 Å². The van der Waals surface area contributed by atoms with Crippen molar-refractivity contribution in [1.29, 1.82) is 0 Å². The van der Waals surface area contributed by atoms with Crippen molar-refractivity contribution in [3.05, 3.63) is 11.6 Å². The van der Waals surface area contributed by atoms with E-state index in [0.29, 0.717) is 6.42 Å². The quantitative estimate of drug-likeness (QED) is 0.786. The van der Waals surface area contributed by atoms with Gasteiger partial charge in [-0.15, -0.1) is 0 Å². The molecule has 1 N–H and O–H groups in total. The number of aryl methyl sites for hydroxylation is 1. The normalized spacial score (nSPS) is 19.9. The molecule has 0 saturated carbocycles. The summed E-state index contributed by atoms with van der Waals surface area (Å²) in [7, 11) is 0. The molecule has 0 aromatic carbocycles. The minimum Gasteiger partial charge on any atom is -0.340 e. The number of carbonyl (C=O) groups excluding carboxylic acids is 1. The lowest BCUT2D eigenvalue weighted by atomic mass is 10.2. The van der Waals surface area contributed by atoms with Crippen molar-refractivity contribution in [2.24, 2.45) is 0 Å².